The Labute approximate surface area is 207 Å². The molecule has 3 fully saturated rings. The number of nitrogens with zero attached hydrogens (tertiary/aromatic N) is 7. The smallest absolute Gasteiger partial charge is 0.410 e. The summed E-state index contributed by atoms with van der Waals surface area (Å²) in [5, 5.41) is 21.1. The van der Waals surface area contributed by atoms with Gasteiger partial charge in [-0.25, -0.2) is 26.7 Å². The molecule has 2 saturated heterocycles. The van der Waals surface area contributed by atoms with Crippen LogP contribution in [0.25, 0.3) is 16.0 Å². The highest BCUT2D eigenvalue weighted by Gasteiger charge is 2.47. The third-order valence-electron chi connectivity index (χ3n) is 6.50. The van der Waals surface area contributed by atoms with Crippen molar-refractivity contribution in [2.75, 3.05) is 31.1 Å². The van der Waals surface area contributed by atoms with Gasteiger partial charge in [0.15, 0.2) is 5.01 Å². The second kappa shape index (κ2) is 8.05. The number of hydrogen-bond acceptors (Lipinski definition) is 10. The van der Waals surface area contributed by atoms with Gasteiger partial charge in [0.05, 0.1) is 28.7 Å². The Bertz CT molecular complexity index is 1530. The normalized spacial score (nSPS) is 21.1. The fourth-order valence-corrected chi connectivity index (χ4v) is 6.52. The number of hydrogen-bond donors (Lipinski definition) is 1. The van der Waals surface area contributed by atoms with Gasteiger partial charge in [0, 0.05) is 30.7 Å². The molecule has 6 rings (SSSR count). The lowest BCUT2D eigenvalue weighted by Crippen LogP contribution is -2.52. The Morgan fingerprint density at radius 1 is 1.28 bits per heavy atom. The zero-order valence-corrected chi connectivity index (χ0v) is 20.1. The van der Waals surface area contributed by atoms with Crippen LogP contribution >= 0.6 is 11.3 Å². The van der Waals surface area contributed by atoms with Gasteiger partial charge in [-0.15, -0.1) is 10.2 Å². The first-order chi connectivity index (χ1) is 17.2. The van der Waals surface area contributed by atoms with Gasteiger partial charge in [-0.05, 0) is 25.0 Å². The molecule has 1 N–H and O–H groups in total. The second-order valence-corrected chi connectivity index (χ2v) is 11.5. The third kappa shape index (κ3) is 3.74. The van der Waals surface area contributed by atoms with Crippen molar-refractivity contribution in [1.29, 1.82) is 5.26 Å². The van der Waals surface area contributed by atoms with Crippen molar-refractivity contribution >= 4 is 44.0 Å². The largest absolute Gasteiger partial charge is 0.447 e. The number of rotatable bonds is 6. The van der Waals surface area contributed by atoms with Gasteiger partial charge in [-0.3, -0.25) is 4.90 Å². The van der Waals surface area contributed by atoms with Crippen molar-refractivity contribution in [1.82, 2.24) is 29.6 Å². The van der Waals surface area contributed by atoms with Gasteiger partial charge in [0.25, 0.3) is 6.43 Å². The van der Waals surface area contributed by atoms with Crippen LogP contribution < -0.4 is 9.62 Å². The molecule has 36 heavy (non-hydrogen) atoms. The molecule has 0 radical (unpaired) electrons. The number of halogens is 2. The molecule has 1 atom stereocenters. The van der Waals surface area contributed by atoms with E-state index >= 15 is 0 Å². The minimum absolute atomic E-state index is 0.0593. The van der Waals surface area contributed by atoms with E-state index in [9.17, 15) is 27.3 Å². The highest BCUT2D eigenvalue weighted by molar-refractivity contribution is 7.89. The van der Waals surface area contributed by atoms with Gasteiger partial charge < -0.3 is 9.64 Å². The molecule has 0 spiro atoms. The number of ether oxygens (including phenoxy) is 1. The zero-order valence-electron chi connectivity index (χ0n) is 18.5. The van der Waals surface area contributed by atoms with E-state index in [0.29, 0.717) is 60.4 Å². The number of alkyl halides is 2. The standard InChI is InChI=1S/C20H18F2N8O4S2/c21-16(22)17-25-26-18(35-17)30-15-6-12(36(32,33)27-20(10-23)1-2-20)5-14(13(15)7-24-30)28-3-4-29-11(8-28)9-34-19(29)31/h5-7,11,16,27H,1-4,8-9H2/t11-/m0/s1. The molecule has 16 heteroatoms. The number of anilines is 1. The van der Waals surface area contributed by atoms with Crippen LogP contribution in [0.5, 0.6) is 0 Å². The SMILES string of the molecule is N#CC1(NS(=O)(=O)c2cc(N3CCN4C(=O)OC[C@@H]4C3)c3cnn(-c4nnc(C(F)F)s4)c3c2)CC1. The van der Waals surface area contributed by atoms with Gasteiger partial charge in [0.1, 0.15) is 12.1 Å². The first-order valence-electron chi connectivity index (χ1n) is 11.0. The van der Waals surface area contributed by atoms with Gasteiger partial charge in [0.2, 0.25) is 15.2 Å². The first kappa shape index (κ1) is 23.0. The van der Waals surface area contributed by atoms with E-state index in [2.05, 4.69) is 20.0 Å². The average molecular weight is 537 g/mol. The van der Waals surface area contributed by atoms with Crippen molar-refractivity contribution < 1.29 is 26.7 Å². The minimum atomic E-state index is -4.11. The molecule has 0 unspecified atom stereocenters. The molecule has 188 valence electrons. The Kier molecular flexibility index (Phi) is 5.14. The lowest BCUT2D eigenvalue weighted by molar-refractivity contribution is 0.150. The summed E-state index contributed by atoms with van der Waals surface area (Å²) in [6, 6.07) is 4.70. The fraction of sp³-hybridized carbons (Fsp3) is 0.450. The van der Waals surface area contributed by atoms with Crippen LogP contribution in [0.15, 0.2) is 23.2 Å². The van der Waals surface area contributed by atoms with Crippen LogP contribution in [-0.2, 0) is 14.8 Å². The maximum Gasteiger partial charge on any atom is 0.410 e. The van der Waals surface area contributed by atoms with E-state index in [1.165, 1.54) is 23.0 Å². The lowest BCUT2D eigenvalue weighted by atomic mass is 10.1. The van der Waals surface area contributed by atoms with Crippen LogP contribution in [0.4, 0.5) is 19.3 Å². The van der Waals surface area contributed by atoms with E-state index < -0.39 is 27.0 Å². The van der Waals surface area contributed by atoms with E-state index in [1.54, 1.807) is 4.90 Å². The summed E-state index contributed by atoms with van der Waals surface area (Å²) in [5.41, 5.74) is -0.265. The summed E-state index contributed by atoms with van der Waals surface area (Å²) in [5.74, 6) is 0. The average Bonchev–Trinajstić information content (AvgIpc) is 3.21. The summed E-state index contributed by atoms with van der Waals surface area (Å²) in [6.07, 6.45) is -0.848. The highest BCUT2D eigenvalue weighted by Crippen LogP contribution is 2.38. The van der Waals surface area contributed by atoms with E-state index in [1.807, 2.05) is 11.0 Å². The van der Waals surface area contributed by atoms with Crippen molar-refractivity contribution in [2.45, 2.75) is 35.7 Å². The van der Waals surface area contributed by atoms with Crippen molar-refractivity contribution in [3.63, 3.8) is 0 Å². The number of carbonyl (C=O) groups excluding carboxylic acids is 1. The fourth-order valence-electron chi connectivity index (χ4n) is 4.44. The Hall–Kier alpha value is -3.42. The number of fused-ring (bicyclic) bond motifs is 2. The van der Waals surface area contributed by atoms with Crippen molar-refractivity contribution in [2.24, 2.45) is 0 Å². The molecule has 0 bridgehead atoms. The molecule has 12 nitrogen and oxygen atoms in total. The number of cyclic esters (lactones) is 1. The predicted octanol–water partition coefficient (Wildman–Crippen LogP) is 1.79. The van der Waals surface area contributed by atoms with Crippen LogP contribution in [0.1, 0.15) is 24.3 Å². The first-order valence-corrected chi connectivity index (χ1v) is 13.3. The summed E-state index contributed by atoms with van der Waals surface area (Å²) in [6.45, 7) is 1.43. The summed E-state index contributed by atoms with van der Waals surface area (Å²) >= 11 is 0.651. The Balaban J connectivity index is 1.47. The van der Waals surface area contributed by atoms with Gasteiger partial charge >= 0.3 is 6.09 Å². The van der Waals surface area contributed by atoms with E-state index in [0.717, 1.165) is 0 Å². The van der Waals surface area contributed by atoms with Crippen LogP contribution in [0.3, 0.4) is 0 Å². The molecule has 2 aliphatic heterocycles. The molecular weight excluding hydrogens is 518 g/mol. The van der Waals surface area contributed by atoms with E-state index in [-0.39, 0.29) is 28.8 Å². The number of nitrogens with one attached hydrogen (secondary N) is 1. The minimum Gasteiger partial charge on any atom is -0.447 e. The number of nitriles is 1. The van der Waals surface area contributed by atoms with Crippen LogP contribution in [0.2, 0.25) is 0 Å². The predicted molar refractivity (Wildman–Crippen MR) is 121 cm³/mol. The number of aromatic nitrogens is 4. The maximum absolute atomic E-state index is 13.3. The second-order valence-electron chi connectivity index (χ2n) is 8.82. The molecule has 1 aliphatic carbocycles. The molecule has 2 aromatic heterocycles. The third-order valence-corrected chi connectivity index (χ3v) is 8.92. The summed E-state index contributed by atoms with van der Waals surface area (Å²) in [4.78, 5) is 15.4. The molecule has 3 aliphatic rings. The van der Waals surface area contributed by atoms with Crippen molar-refractivity contribution in [3.05, 3.63) is 23.3 Å². The topological polar surface area (TPSA) is 146 Å². The molecule has 4 heterocycles. The molecule has 1 amide bonds. The van der Waals surface area contributed by atoms with Crippen molar-refractivity contribution in [3.8, 4) is 11.2 Å². The van der Waals surface area contributed by atoms with Crippen LogP contribution in [-0.4, -0.2) is 77.2 Å². The highest BCUT2D eigenvalue weighted by atomic mass is 32.2. The summed E-state index contributed by atoms with van der Waals surface area (Å²) < 4.78 is 61.7. The van der Waals surface area contributed by atoms with Gasteiger partial charge in [-0.1, -0.05) is 11.3 Å². The van der Waals surface area contributed by atoms with Gasteiger partial charge in [-0.2, -0.15) is 15.1 Å². The molecule has 3 aromatic rings. The number of piperazine rings is 1. The monoisotopic (exact) mass is 536 g/mol. The number of carbonyl (C=O) groups is 1. The molecule has 1 aromatic carbocycles. The van der Waals surface area contributed by atoms with Crippen LogP contribution in [0, 0.1) is 11.3 Å². The summed E-state index contributed by atoms with van der Waals surface area (Å²) in [7, 11) is -4.11. The quantitative estimate of drug-likeness (QED) is 0.498. The number of benzene rings is 1. The zero-order chi connectivity index (χ0) is 25.2. The number of amides is 1. The number of sulfonamides is 1. The van der Waals surface area contributed by atoms with E-state index in [4.69, 9.17) is 4.74 Å². The Morgan fingerprint density at radius 3 is 2.78 bits per heavy atom. The molecular formula is C20H18F2N8O4S2. The maximum atomic E-state index is 13.3. The lowest BCUT2D eigenvalue weighted by Gasteiger charge is -2.37. The molecule has 1 saturated carbocycles. The Morgan fingerprint density at radius 2 is 2.08 bits per heavy atom.